The molecule has 2 aromatic rings. The van der Waals surface area contributed by atoms with Crippen molar-refractivity contribution in [2.24, 2.45) is 0 Å². The summed E-state index contributed by atoms with van der Waals surface area (Å²) >= 11 is 8.42. The molecular formula is C15H13BrN2O2S. The van der Waals surface area contributed by atoms with Crippen molar-refractivity contribution in [3.8, 4) is 0 Å². The molecule has 0 saturated heterocycles. The van der Waals surface area contributed by atoms with Crippen molar-refractivity contribution in [3.05, 3.63) is 58.5 Å². The molecular weight excluding hydrogens is 352 g/mol. The number of furan rings is 1. The Kier molecular flexibility index (Phi) is 5.30. The molecule has 2 N–H and O–H groups in total. The second-order valence-electron chi connectivity index (χ2n) is 4.23. The number of hydrogen-bond acceptors (Lipinski definition) is 3. The molecule has 6 heteroatoms. The van der Waals surface area contributed by atoms with Gasteiger partial charge in [-0.05, 0) is 61.6 Å². The maximum absolute atomic E-state index is 11.7. The van der Waals surface area contributed by atoms with Crippen molar-refractivity contribution in [2.45, 2.75) is 6.92 Å². The largest absolute Gasteiger partial charge is 0.462 e. The van der Waals surface area contributed by atoms with E-state index in [1.165, 1.54) is 6.08 Å². The predicted molar refractivity (Wildman–Crippen MR) is 91.0 cm³/mol. The van der Waals surface area contributed by atoms with Gasteiger partial charge in [-0.2, -0.15) is 0 Å². The molecule has 0 radical (unpaired) electrons. The van der Waals surface area contributed by atoms with Gasteiger partial charge in [0.2, 0.25) is 5.91 Å². The number of halogens is 1. The first-order valence-electron chi connectivity index (χ1n) is 6.15. The van der Waals surface area contributed by atoms with Gasteiger partial charge in [0, 0.05) is 16.2 Å². The molecule has 0 aliphatic heterocycles. The van der Waals surface area contributed by atoms with Crippen molar-refractivity contribution in [3.63, 3.8) is 0 Å². The molecule has 0 aliphatic carbocycles. The molecule has 0 unspecified atom stereocenters. The Bertz CT molecular complexity index is 677. The number of benzene rings is 1. The highest BCUT2D eigenvalue weighted by molar-refractivity contribution is 9.10. The number of hydrogen-bond donors (Lipinski definition) is 2. The van der Waals surface area contributed by atoms with Crippen molar-refractivity contribution in [2.75, 3.05) is 5.32 Å². The van der Waals surface area contributed by atoms with Crippen LogP contribution in [0.2, 0.25) is 0 Å². The van der Waals surface area contributed by atoms with Gasteiger partial charge in [0.1, 0.15) is 11.5 Å². The van der Waals surface area contributed by atoms with Gasteiger partial charge in [-0.25, -0.2) is 0 Å². The fourth-order valence-corrected chi connectivity index (χ4v) is 2.03. The highest BCUT2D eigenvalue weighted by Crippen LogP contribution is 2.13. The van der Waals surface area contributed by atoms with Gasteiger partial charge in [0.15, 0.2) is 5.11 Å². The molecule has 0 atom stereocenters. The van der Waals surface area contributed by atoms with E-state index >= 15 is 0 Å². The third kappa shape index (κ3) is 5.17. The van der Waals surface area contributed by atoms with Crippen LogP contribution in [-0.2, 0) is 4.79 Å². The van der Waals surface area contributed by atoms with E-state index in [2.05, 4.69) is 26.6 Å². The van der Waals surface area contributed by atoms with Crippen molar-refractivity contribution in [1.82, 2.24) is 5.32 Å². The average molecular weight is 365 g/mol. The Morgan fingerprint density at radius 1 is 1.24 bits per heavy atom. The average Bonchev–Trinajstić information content (AvgIpc) is 2.85. The van der Waals surface area contributed by atoms with E-state index in [0.29, 0.717) is 5.76 Å². The fraction of sp³-hybridized carbons (Fsp3) is 0.0667. The molecule has 0 spiro atoms. The summed E-state index contributed by atoms with van der Waals surface area (Å²) in [5.41, 5.74) is 0.800. The molecule has 2 rings (SSSR count). The number of anilines is 1. The van der Waals surface area contributed by atoms with Crippen LogP contribution in [0.3, 0.4) is 0 Å². The lowest BCUT2D eigenvalue weighted by atomic mass is 10.3. The van der Waals surface area contributed by atoms with E-state index in [1.807, 2.05) is 37.3 Å². The van der Waals surface area contributed by atoms with Crippen molar-refractivity contribution < 1.29 is 9.21 Å². The van der Waals surface area contributed by atoms with Gasteiger partial charge >= 0.3 is 0 Å². The molecule has 0 saturated carbocycles. The van der Waals surface area contributed by atoms with Crippen LogP contribution < -0.4 is 10.6 Å². The topological polar surface area (TPSA) is 54.3 Å². The van der Waals surface area contributed by atoms with E-state index in [0.717, 1.165) is 15.9 Å². The van der Waals surface area contributed by atoms with Gasteiger partial charge in [-0.3, -0.25) is 10.1 Å². The van der Waals surface area contributed by atoms with E-state index in [4.69, 9.17) is 16.6 Å². The normalized spacial score (nSPS) is 10.6. The Morgan fingerprint density at radius 3 is 2.57 bits per heavy atom. The molecule has 1 aromatic heterocycles. The fourth-order valence-electron chi connectivity index (χ4n) is 1.55. The molecule has 0 bridgehead atoms. The first-order chi connectivity index (χ1) is 10.0. The molecule has 108 valence electrons. The maximum Gasteiger partial charge on any atom is 0.250 e. The number of aryl methyl sites for hydroxylation is 1. The zero-order valence-electron chi connectivity index (χ0n) is 11.2. The first-order valence-corrected chi connectivity index (χ1v) is 7.35. The van der Waals surface area contributed by atoms with Crippen LogP contribution in [0.25, 0.3) is 6.08 Å². The van der Waals surface area contributed by atoms with Crippen LogP contribution in [0.4, 0.5) is 5.69 Å². The van der Waals surface area contributed by atoms with Crippen molar-refractivity contribution in [1.29, 1.82) is 0 Å². The second kappa shape index (κ2) is 7.19. The number of amides is 1. The smallest absolute Gasteiger partial charge is 0.250 e. The molecule has 1 aromatic carbocycles. The highest BCUT2D eigenvalue weighted by atomic mass is 79.9. The summed E-state index contributed by atoms with van der Waals surface area (Å²) in [6.45, 7) is 1.84. The quantitative estimate of drug-likeness (QED) is 0.640. The van der Waals surface area contributed by atoms with Gasteiger partial charge in [0.05, 0.1) is 0 Å². The summed E-state index contributed by atoms with van der Waals surface area (Å²) in [6.07, 6.45) is 2.96. The number of carbonyl (C=O) groups excluding carboxylic acids is 1. The number of carbonyl (C=O) groups is 1. The maximum atomic E-state index is 11.7. The minimum Gasteiger partial charge on any atom is -0.462 e. The molecule has 0 aliphatic rings. The Balaban J connectivity index is 1.86. The SMILES string of the molecule is Cc1ccc(C=CC(=O)NC(=S)Nc2ccc(Br)cc2)o1. The molecule has 4 nitrogen and oxygen atoms in total. The lowest BCUT2D eigenvalue weighted by Gasteiger charge is -2.07. The summed E-state index contributed by atoms with van der Waals surface area (Å²) in [7, 11) is 0. The molecule has 0 fully saturated rings. The first kappa shape index (κ1) is 15.5. The number of nitrogens with one attached hydrogen (secondary N) is 2. The zero-order valence-corrected chi connectivity index (χ0v) is 13.6. The summed E-state index contributed by atoms with van der Waals surface area (Å²) in [4.78, 5) is 11.7. The predicted octanol–water partition coefficient (Wildman–Crippen LogP) is 3.88. The number of thiocarbonyl (C=S) groups is 1. The third-order valence-corrected chi connectivity index (χ3v) is 3.23. The zero-order chi connectivity index (χ0) is 15.2. The van der Waals surface area contributed by atoms with Crippen LogP contribution in [0.5, 0.6) is 0 Å². The van der Waals surface area contributed by atoms with Gasteiger partial charge in [0.25, 0.3) is 0 Å². The van der Waals surface area contributed by atoms with Crippen LogP contribution >= 0.6 is 28.1 Å². The number of rotatable bonds is 3. The lowest BCUT2D eigenvalue weighted by Crippen LogP contribution is -2.32. The van der Waals surface area contributed by atoms with Crippen LogP contribution in [0, 0.1) is 6.92 Å². The lowest BCUT2D eigenvalue weighted by molar-refractivity contribution is -0.115. The van der Waals surface area contributed by atoms with Gasteiger partial charge < -0.3 is 9.73 Å². The summed E-state index contributed by atoms with van der Waals surface area (Å²) in [6, 6.07) is 11.1. The second-order valence-corrected chi connectivity index (χ2v) is 5.56. The van der Waals surface area contributed by atoms with Crippen LogP contribution in [-0.4, -0.2) is 11.0 Å². The monoisotopic (exact) mass is 364 g/mol. The Morgan fingerprint density at radius 2 is 1.95 bits per heavy atom. The Hall–Kier alpha value is -1.92. The summed E-state index contributed by atoms with van der Waals surface area (Å²) in [5, 5.41) is 5.72. The summed E-state index contributed by atoms with van der Waals surface area (Å²) in [5.74, 6) is 1.09. The van der Waals surface area contributed by atoms with E-state index in [1.54, 1.807) is 12.1 Å². The van der Waals surface area contributed by atoms with E-state index < -0.39 is 0 Å². The van der Waals surface area contributed by atoms with Gasteiger partial charge in [-0.15, -0.1) is 0 Å². The standard InChI is InChI=1S/C15H13BrN2O2S/c1-10-2-7-13(20-10)8-9-14(19)18-15(21)17-12-5-3-11(16)4-6-12/h2-9H,1H3,(H2,17,18,19,21). The van der Waals surface area contributed by atoms with Crippen LogP contribution in [0.15, 0.2) is 51.4 Å². The van der Waals surface area contributed by atoms with Crippen molar-refractivity contribution >= 4 is 50.9 Å². The van der Waals surface area contributed by atoms with E-state index in [9.17, 15) is 4.79 Å². The minimum atomic E-state index is -0.321. The summed E-state index contributed by atoms with van der Waals surface area (Å²) < 4.78 is 6.30. The Labute approximate surface area is 136 Å². The van der Waals surface area contributed by atoms with Crippen LogP contribution in [0.1, 0.15) is 11.5 Å². The van der Waals surface area contributed by atoms with Gasteiger partial charge in [-0.1, -0.05) is 15.9 Å². The molecule has 21 heavy (non-hydrogen) atoms. The van der Waals surface area contributed by atoms with E-state index in [-0.39, 0.29) is 11.0 Å². The molecule has 1 amide bonds. The third-order valence-electron chi connectivity index (χ3n) is 2.50. The molecule has 1 heterocycles. The highest BCUT2D eigenvalue weighted by Gasteiger charge is 2.02. The minimum absolute atomic E-state index is 0.239.